The lowest BCUT2D eigenvalue weighted by molar-refractivity contribution is -0.138. The van der Waals surface area contributed by atoms with E-state index in [0.717, 1.165) is 18.2 Å². The molecular formula is C11H10BrF3N2O2. The van der Waals surface area contributed by atoms with E-state index in [1.54, 1.807) is 0 Å². The predicted molar refractivity (Wildman–Crippen MR) is 65.3 cm³/mol. The van der Waals surface area contributed by atoms with Gasteiger partial charge in [-0.15, -0.1) is 0 Å². The molecule has 0 bridgehead atoms. The molecule has 104 valence electrons. The smallest absolute Gasteiger partial charge is 0.368 e. The van der Waals surface area contributed by atoms with E-state index in [1.807, 2.05) is 0 Å². The molecule has 1 rings (SSSR count). The van der Waals surface area contributed by atoms with E-state index >= 15 is 0 Å². The number of benzene rings is 1. The van der Waals surface area contributed by atoms with E-state index in [9.17, 15) is 22.8 Å². The van der Waals surface area contributed by atoms with E-state index in [2.05, 4.69) is 21.2 Å². The summed E-state index contributed by atoms with van der Waals surface area (Å²) in [4.78, 5) is 22.4. The lowest BCUT2D eigenvalue weighted by Gasteiger charge is -2.12. The van der Waals surface area contributed by atoms with Crippen molar-refractivity contribution in [2.24, 2.45) is 5.73 Å². The molecule has 1 aromatic carbocycles. The molecule has 19 heavy (non-hydrogen) atoms. The monoisotopic (exact) mass is 338 g/mol. The molecule has 1 aromatic rings. The number of nitrogens with one attached hydrogen (secondary N) is 1. The molecule has 3 N–H and O–H groups in total. The van der Waals surface area contributed by atoms with Gasteiger partial charge in [-0.05, 0) is 25.1 Å². The third-order valence-corrected chi connectivity index (χ3v) is 2.97. The van der Waals surface area contributed by atoms with E-state index in [4.69, 9.17) is 5.73 Å². The van der Waals surface area contributed by atoms with Gasteiger partial charge in [0.2, 0.25) is 5.91 Å². The van der Waals surface area contributed by atoms with Gasteiger partial charge < -0.3 is 11.1 Å². The summed E-state index contributed by atoms with van der Waals surface area (Å²) in [7, 11) is 0. The third kappa shape index (κ3) is 3.95. The van der Waals surface area contributed by atoms with Crippen molar-refractivity contribution in [3.63, 3.8) is 0 Å². The van der Waals surface area contributed by atoms with Crippen molar-refractivity contribution < 1.29 is 22.8 Å². The van der Waals surface area contributed by atoms with E-state index in [-0.39, 0.29) is 10.0 Å². The van der Waals surface area contributed by atoms with Gasteiger partial charge in [0.1, 0.15) is 6.04 Å². The van der Waals surface area contributed by atoms with Crippen LogP contribution in [0.25, 0.3) is 0 Å². The molecule has 1 unspecified atom stereocenters. The second kappa shape index (κ2) is 5.60. The molecule has 1 atom stereocenters. The average molecular weight is 339 g/mol. The van der Waals surface area contributed by atoms with Crippen molar-refractivity contribution in [1.82, 2.24) is 5.32 Å². The highest BCUT2D eigenvalue weighted by molar-refractivity contribution is 9.10. The Kier molecular flexibility index (Phi) is 4.56. The van der Waals surface area contributed by atoms with Gasteiger partial charge in [-0.25, -0.2) is 0 Å². The van der Waals surface area contributed by atoms with Gasteiger partial charge in [0.15, 0.2) is 0 Å². The van der Waals surface area contributed by atoms with E-state index < -0.39 is 29.6 Å². The first-order valence-electron chi connectivity index (χ1n) is 5.10. The Bertz CT molecular complexity index is 517. The summed E-state index contributed by atoms with van der Waals surface area (Å²) in [6.07, 6.45) is -4.51. The molecule has 0 aliphatic carbocycles. The van der Waals surface area contributed by atoms with Gasteiger partial charge in [-0.2, -0.15) is 13.2 Å². The minimum Gasteiger partial charge on any atom is -0.368 e. The Morgan fingerprint density at radius 3 is 2.37 bits per heavy atom. The fraction of sp³-hybridized carbons (Fsp3) is 0.273. The van der Waals surface area contributed by atoms with Crippen LogP contribution in [-0.2, 0) is 11.0 Å². The molecule has 0 fully saturated rings. The van der Waals surface area contributed by atoms with E-state index in [0.29, 0.717) is 0 Å². The zero-order valence-electron chi connectivity index (χ0n) is 9.72. The summed E-state index contributed by atoms with van der Waals surface area (Å²) in [5, 5.41) is 2.27. The van der Waals surface area contributed by atoms with Crippen LogP contribution in [0.2, 0.25) is 0 Å². The molecule has 0 heterocycles. The normalized spacial score (nSPS) is 12.9. The first kappa shape index (κ1) is 15.5. The SMILES string of the molecule is CC(NC(=O)c1ccc(C(F)(F)F)c(Br)c1)C(N)=O. The third-order valence-electron chi connectivity index (χ3n) is 2.31. The second-order valence-corrected chi connectivity index (χ2v) is 4.64. The molecule has 0 aliphatic rings. The minimum atomic E-state index is -4.51. The van der Waals surface area contributed by atoms with Gasteiger partial charge in [-0.3, -0.25) is 9.59 Å². The standard InChI is InChI=1S/C11H10BrF3N2O2/c1-5(9(16)18)17-10(19)6-2-3-7(8(12)4-6)11(13,14)15/h2-5H,1H3,(H2,16,18)(H,17,19). The lowest BCUT2D eigenvalue weighted by Crippen LogP contribution is -2.42. The fourth-order valence-corrected chi connectivity index (χ4v) is 1.84. The van der Waals surface area contributed by atoms with E-state index in [1.165, 1.54) is 6.92 Å². The highest BCUT2D eigenvalue weighted by Crippen LogP contribution is 2.35. The van der Waals surface area contributed by atoms with Crippen LogP contribution >= 0.6 is 15.9 Å². The van der Waals surface area contributed by atoms with Crippen LogP contribution in [0.15, 0.2) is 22.7 Å². The molecular weight excluding hydrogens is 329 g/mol. The number of primary amides is 1. The van der Waals surface area contributed by atoms with Gasteiger partial charge in [-0.1, -0.05) is 15.9 Å². The number of hydrogen-bond acceptors (Lipinski definition) is 2. The number of amides is 2. The Labute approximate surface area is 115 Å². The first-order valence-corrected chi connectivity index (χ1v) is 5.89. The summed E-state index contributed by atoms with van der Waals surface area (Å²) in [5.41, 5.74) is 4.07. The molecule has 0 saturated heterocycles. The molecule has 0 radical (unpaired) electrons. The van der Waals surface area contributed by atoms with Crippen LogP contribution in [0.1, 0.15) is 22.8 Å². The maximum atomic E-state index is 12.5. The summed E-state index contributed by atoms with van der Waals surface area (Å²) >= 11 is 2.75. The first-order chi connectivity index (χ1) is 8.62. The number of rotatable bonds is 3. The van der Waals surface area contributed by atoms with Crippen LogP contribution in [0.5, 0.6) is 0 Å². The van der Waals surface area contributed by atoms with Crippen LogP contribution in [0, 0.1) is 0 Å². The van der Waals surface area contributed by atoms with Crippen molar-refractivity contribution in [3.8, 4) is 0 Å². The number of halogens is 4. The van der Waals surface area contributed by atoms with Crippen LogP contribution in [0.4, 0.5) is 13.2 Å². The minimum absolute atomic E-state index is 0.00650. The van der Waals surface area contributed by atoms with Crippen molar-refractivity contribution in [2.75, 3.05) is 0 Å². The molecule has 4 nitrogen and oxygen atoms in total. The number of alkyl halides is 3. The van der Waals surface area contributed by atoms with Gasteiger partial charge in [0, 0.05) is 10.0 Å². The highest BCUT2D eigenvalue weighted by Gasteiger charge is 2.33. The Hall–Kier alpha value is -1.57. The van der Waals surface area contributed by atoms with Crippen molar-refractivity contribution in [1.29, 1.82) is 0 Å². The number of nitrogens with two attached hydrogens (primary N) is 1. The summed E-state index contributed by atoms with van der Waals surface area (Å²) < 4.78 is 37.3. The molecule has 2 amide bonds. The highest BCUT2D eigenvalue weighted by atomic mass is 79.9. The maximum Gasteiger partial charge on any atom is 0.417 e. The molecule has 8 heteroatoms. The van der Waals surface area contributed by atoms with Gasteiger partial charge >= 0.3 is 6.18 Å². The Balaban J connectivity index is 2.96. The molecule has 0 aromatic heterocycles. The van der Waals surface area contributed by atoms with Crippen LogP contribution in [-0.4, -0.2) is 17.9 Å². The second-order valence-electron chi connectivity index (χ2n) is 3.79. The quantitative estimate of drug-likeness (QED) is 0.885. The lowest BCUT2D eigenvalue weighted by atomic mass is 10.1. The maximum absolute atomic E-state index is 12.5. The Morgan fingerprint density at radius 2 is 1.95 bits per heavy atom. The van der Waals surface area contributed by atoms with Crippen LogP contribution in [0.3, 0.4) is 0 Å². The number of carbonyl (C=O) groups excluding carboxylic acids is 2. The van der Waals surface area contributed by atoms with Crippen molar-refractivity contribution in [2.45, 2.75) is 19.1 Å². The number of carbonyl (C=O) groups is 2. The average Bonchev–Trinajstić information content (AvgIpc) is 2.26. The summed E-state index contributed by atoms with van der Waals surface area (Å²) in [6, 6.07) is 1.93. The largest absolute Gasteiger partial charge is 0.417 e. The zero-order chi connectivity index (χ0) is 14.8. The summed E-state index contributed by atoms with van der Waals surface area (Å²) in [5.74, 6) is -1.42. The van der Waals surface area contributed by atoms with Crippen molar-refractivity contribution >= 4 is 27.7 Å². The predicted octanol–water partition coefficient (Wildman–Crippen LogP) is 2.07. The summed E-state index contributed by atoms with van der Waals surface area (Å²) in [6.45, 7) is 1.37. The molecule has 0 spiro atoms. The number of hydrogen-bond donors (Lipinski definition) is 2. The zero-order valence-corrected chi connectivity index (χ0v) is 11.3. The van der Waals surface area contributed by atoms with Gasteiger partial charge in [0.05, 0.1) is 5.56 Å². The van der Waals surface area contributed by atoms with Gasteiger partial charge in [0.25, 0.3) is 5.91 Å². The van der Waals surface area contributed by atoms with Crippen LogP contribution < -0.4 is 11.1 Å². The molecule has 0 aliphatic heterocycles. The van der Waals surface area contributed by atoms with Crippen molar-refractivity contribution in [3.05, 3.63) is 33.8 Å². The molecule has 0 saturated carbocycles. The fourth-order valence-electron chi connectivity index (χ4n) is 1.24. The topological polar surface area (TPSA) is 72.2 Å². The Morgan fingerprint density at radius 1 is 1.37 bits per heavy atom.